The Hall–Kier alpha value is -3.60. The molecule has 2 N–H and O–H groups in total. The zero-order valence-corrected chi connectivity index (χ0v) is 19.2. The van der Waals surface area contributed by atoms with Gasteiger partial charge in [0.2, 0.25) is 0 Å². The van der Waals surface area contributed by atoms with Gasteiger partial charge in [-0.25, -0.2) is 9.97 Å². The largest absolute Gasteiger partial charge is 0.393 e. The molecule has 0 bridgehead atoms. The first-order valence-electron chi connectivity index (χ1n) is 11.9. The fourth-order valence-electron chi connectivity index (χ4n) is 5.02. The molecule has 1 saturated heterocycles. The zero-order valence-electron chi connectivity index (χ0n) is 19.2. The monoisotopic (exact) mass is 437 g/mol. The molecule has 0 amide bonds. The molecule has 33 heavy (non-hydrogen) atoms. The lowest BCUT2D eigenvalue weighted by Crippen LogP contribution is -2.35. The fourth-order valence-corrected chi connectivity index (χ4v) is 5.02. The number of nitrogen functional groups attached to an aromatic ring is 1. The highest BCUT2D eigenvalue weighted by Gasteiger charge is 2.25. The van der Waals surface area contributed by atoms with Crippen LogP contribution in [0, 0.1) is 5.92 Å². The summed E-state index contributed by atoms with van der Waals surface area (Å²) in [6, 6.07) is 25.6. The number of aromatic nitrogens is 2. The number of rotatable bonds is 6. The van der Waals surface area contributed by atoms with Crippen LogP contribution in [0.1, 0.15) is 25.3 Å². The smallest absolute Gasteiger partial charge is 0.161 e. The van der Waals surface area contributed by atoms with Crippen LogP contribution in [0.5, 0.6) is 0 Å². The van der Waals surface area contributed by atoms with Gasteiger partial charge in [-0.3, -0.25) is 0 Å². The topological polar surface area (TPSA) is 58.3 Å². The van der Waals surface area contributed by atoms with Gasteiger partial charge in [0.1, 0.15) is 12.0 Å². The van der Waals surface area contributed by atoms with E-state index in [1.54, 1.807) is 6.33 Å². The third-order valence-corrected chi connectivity index (χ3v) is 6.75. The Morgan fingerprint density at radius 3 is 2.42 bits per heavy atom. The lowest BCUT2D eigenvalue weighted by atomic mass is 9.90. The van der Waals surface area contributed by atoms with E-state index in [1.807, 2.05) is 0 Å². The molecule has 0 atom stereocenters. The SMILES string of the molecule is CCN(c1ncnc(N2CCC(Cc3ccccc3)CC2)c1N)c1cccc2ccccc12. The van der Waals surface area contributed by atoms with E-state index >= 15 is 0 Å². The maximum Gasteiger partial charge on any atom is 0.161 e. The van der Waals surface area contributed by atoms with Gasteiger partial charge in [0.25, 0.3) is 0 Å². The average molecular weight is 438 g/mol. The van der Waals surface area contributed by atoms with Crippen molar-refractivity contribution in [2.45, 2.75) is 26.2 Å². The Bertz CT molecular complexity index is 1210. The standard InChI is InChI=1S/C28H31N5/c1-2-33(25-14-8-12-23-11-6-7-13-24(23)25)28-26(29)27(30-20-31-28)32-17-15-22(16-18-32)19-21-9-4-3-5-10-21/h3-14,20,22H,2,15-19,29H2,1H3. The predicted molar refractivity (Wildman–Crippen MR) is 138 cm³/mol. The van der Waals surface area contributed by atoms with Gasteiger partial charge < -0.3 is 15.5 Å². The van der Waals surface area contributed by atoms with Crippen LogP contribution in [-0.4, -0.2) is 29.6 Å². The summed E-state index contributed by atoms with van der Waals surface area (Å²) in [5, 5.41) is 2.41. The number of piperidine rings is 1. The molecular formula is C28H31N5. The molecule has 1 aliphatic heterocycles. The number of anilines is 4. The first-order valence-corrected chi connectivity index (χ1v) is 11.9. The summed E-state index contributed by atoms with van der Waals surface area (Å²) < 4.78 is 0. The minimum absolute atomic E-state index is 0.661. The summed E-state index contributed by atoms with van der Waals surface area (Å²) in [7, 11) is 0. The summed E-state index contributed by atoms with van der Waals surface area (Å²) in [5.41, 5.74) is 9.93. The van der Waals surface area contributed by atoms with Crippen molar-refractivity contribution in [2.24, 2.45) is 5.92 Å². The average Bonchev–Trinajstić information content (AvgIpc) is 2.87. The first-order chi connectivity index (χ1) is 16.2. The molecule has 1 fully saturated rings. The lowest BCUT2D eigenvalue weighted by Gasteiger charge is -2.34. The summed E-state index contributed by atoms with van der Waals surface area (Å²) >= 11 is 0. The molecule has 0 saturated carbocycles. The van der Waals surface area contributed by atoms with E-state index in [9.17, 15) is 0 Å². The Balaban J connectivity index is 1.38. The van der Waals surface area contributed by atoms with E-state index in [1.165, 1.54) is 16.3 Å². The van der Waals surface area contributed by atoms with Crippen molar-refractivity contribution < 1.29 is 0 Å². The summed E-state index contributed by atoms with van der Waals surface area (Å²) in [6.07, 6.45) is 5.09. The summed E-state index contributed by atoms with van der Waals surface area (Å²) in [5.74, 6) is 2.34. The predicted octanol–water partition coefficient (Wildman–Crippen LogP) is 5.83. The van der Waals surface area contributed by atoms with E-state index in [-0.39, 0.29) is 0 Å². The maximum absolute atomic E-state index is 6.72. The van der Waals surface area contributed by atoms with Gasteiger partial charge in [-0.05, 0) is 49.1 Å². The van der Waals surface area contributed by atoms with Gasteiger partial charge in [0.05, 0.1) is 5.69 Å². The molecule has 1 aromatic heterocycles. The van der Waals surface area contributed by atoms with Gasteiger partial charge >= 0.3 is 0 Å². The van der Waals surface area contributed by atoms with E-state index in [0.29, 0.717) is 11.6 Å². The Kier molecular flexibility index (Phi) is 6.11. The minimum Gasteiger partial charge on any atom is -0.393 e. The highest BCUT2D eigenvalue weighted by atomic mass is 15.3. The number of nitrogens with zero attached hydrogens (tertiary/aromatic N) is 4. The Labute approximate surface area is 195 Å². The van der Waals surface area contributed by atoms with Crippen LogP contribution in [0.15, 0.2) is 79.1 Å². The fraction of sp³-hybridized carbons (Fsp3) is 0.286. The van der Waals surface area contributed by atoms with Crippen molar-refractivity contribution in [3.8, 4) is 0 Å². The molecule has 3 aromatic carbocycles. The Morgan fingerprint density at radius 2 is 1.64 bits per heavy atom. The molecule has 5 heteroatoms. The van der Waals surface area contributed by atoms with Crippen LogP contribution in [0.3, 0.4) is 0 Å². The van der Waals surface area contributed by atoms with Crippen LogP contribution in [-0.2, 0) is 6.42 Å². The van der Waals surface area contributed by atoms with Crippen molar-refractivity contribution in [2.75, 3.05) is 35.2 Å². The number of hydrogen-bond donors (Lipinski definition) is 1. The van der Waals surface area contributed by atoms with Crippen LogP contribution in [0.2, 0.25) is 0 Å². The van der Waals surface area contributed by atoms with Gasteiger partial charge in [-0.2, -0.15) is 0 Å². The molecular weight excluding hydrogens is 406 g/mol. The third kappa shape index (κ3) is 4.36. The van der Waals surface area contributed by atoms with E-state index in [2.05, 4.69) is 99.5 Å². The number of fused-ring (bicyclic) bond motifs is 1. The van der Waals surface area contributed by atoms with Crippen molar-refractivity contribution in [1.82, 2.24) is 9.97 Å². The van der Waals surface area contributed by atoms with E-state index in [4.69, 9.17) is 5.73 Å². The van der Waals surface area contributed by atoms with Gasteiger partial charge in [0, 0.05) is 25.0 Å². The summed E-state index contributed by atoms with van der Waals surface area (Å²) in [4.78, 5) is 13.8. The van der Waals surface area contributed by atoms with Crippen molar-refractivity contribution in [3.05, 3.63) is 84.7 Å². The lowest BCUT2D eigenvalue weighted by molar-refractivity contribution is 0.402. The zero-order chi connectivity index (χ0) is 22.6. The minimum atomic E-state index is 0.661. The normalized spacial score (nSPS) is 14.5. The maximum atomic E-state index is 6.72. The first kappa shape index (κ1) is 21.3. The molecule has 168 valence electrons. The molecule has 0 spiro atoms. The molecule has 4 aromatic rings. The second kappa shape index (κ2) is 9.49. The van der Waals surface area contributed by atoms with Crippen LogP contribution in [0.25, 0.3) is 10.8 Å². The Morgan fingerprint density at radius 1 is 0.909 bits per heavy atom. The second-order valence-electron chi connectivity index (χ2n) is 8.80. The van der Waals surface area contributed by atoms with Crippen LogP contribution < -0.4 is 15.5 Å². The molecule has 2 heterocycles. The molecule has 0 radical (unpaired) electrons. The highest BCUT2D eigenvalue weighted by Crippen LogP contribution is 2.37. The van der Waals surface area contributed by atoms with Crippen LogP contribution in [0.4, 0.5) is 23.0 Å². The summed E-state index contributed by atoms with van der Waals surface area (Å²) in [6.45, 7) is 4.85. The highest BCUT2D eigenvalue weighted by molar-refractivity contribution is 5.97. The quantitative estimate of drug-likeness (QED) is 0.411. The molecule has 5 nitrogen and oxygen atoms in total. The molecule has 1 aliphatic rings. The number of benzene rings is 3. The van der Waals surface area contributed by atoms with Crippen molar-refractivity contribution >= 4 is 33.8 Å². The van der Waals surface area contributed by atoms with Gasteiger partial charge in [-0.15, -0.1) is 0 Å². The van der Waals surface area contributed by atoms with Crippen molar-refractivity contribution in [1.29, 1.82) is 0 Å². The second-order valence-corrected chi connectivity index (χ2v) is 8.80. The number of hydrogen-bond acceptors (Lipinski definition) is 5. The molecule has 0 unspecified atom stereocenters. The van der Waals surface area contributed by atoms with E-state index in [0.717, 1.165) is 56.2 Å². The molecule has 5 rings (SSSR count). The van der Waals surface area contributed by atoms with Gasteiger partial charge in [-0.1, -0.05) is 66.7 Å². The molecule has 0 aliphatic carbocycles. The third-order valence-electron chi connectivity index (χ3n) is 6.75. The van der Waals surface area contributed by atoms with Gasteiger partial charge in [0.15, 0.2) is 11.6 Å². The number of nitrogens with two attached hydrogens (primary N) is 1. The van der Waals surface area contributed by atoms with E-state index < -0.39 is 0 Å². The van der Waals surface area contributed by atoms with Crippen molar-refractivity contribution in [3.63, 3.8) is 0 Å². The van der Waals surface area contributed by atoms with Crippen LogP contribution >= 0.6 is 0 Å².